The summed E-state index contributed by atoms with van der Waals surface area (Å²) in [5, 5.41) is 22.7. The third kappa shape index (κ3) is 6.00. The van der Waals surface area contributed by atoms with Gasteiger partial charge in [-0.1, -0.05) is 53.8 Å². The van der Waals surface area contributed by atoms with Crippen molar-refractivity contribution in [3.63, 3.8) is 0 Å². The summed E-state index contributed by atoms with van der Waals surface area (Å²) < 4.78 is 0. The minimum absolute atomic E-state index is 0.0238. The molecule has 1 aromatic heterocycles. The summed E-state index contributed by atoms with van der Waals surface area (Å²) in [7, 11) is 0. The summed E-state index contributed by atoms with van der Waals surface area (Å²) in [6.07, 6.45) is 2.82. The van der Waals surface area contributed by atoms with Crippen molar-refractivity contribution in [1.82, 2.24) is 10.2 Å². The molecule has 1 amide bonds. The molecule has 28 heavy (non-hydrogen) atoms. The van der Waals surface area contributed by atoms with Gasteiger partial charge in [-0.15, -0.1) is 22.0 Å². The van der Waals surface area contributed by atoms with E-state index in [1.807, 2.05) is 18.2 Å². The number of anilines is 1. The van der Waals surface area contributed by atoms with E-state index >= 15 is 0 Å². The minimum atomic E-state index is -0.476. The Morgan fingerprint density at radius 2 is 1.96 bits per heavy atom. The van der Waals surface area contributed by atoms with E-state index in [1.54, 1.807) is 23.9 Å². The molecule has 1 heterocycles. The van der Waals surface area contributed by atoms with Crippen LogP contribution in [0.1, 0.15) is 16.1 Å². The monoisotopic (exact) mass is 412 g/mol. The zero-order chi connectivity index (χ0) is 19.8. The highest BCUT2D eigenvalue weighted by Crippen LogP contribution is 2.22. The maximum absolute atomic E-state index is 12.0. The quantitative estimate of drug-likeness (QED) is 0.332. The molecule has 0 spiro atoms. The van der Waals surface area contributed by atoms with Crippen molar-refractivity contribution in [2.75, 3.05) is 5.32 Å². The third-order valence-corrected chi connectivity index (χ3v) is 5.58. The van der Waals surface area contributed by atoms with Crippen LogP contribution < -0.4 is 5.32 Å². The number of nitrogens with zero attached hydrogens (tertiary/aromatic N) is 3. The lowest BCUT2D eigenvalue weighted by Crippen LogP contribution is -2.07. The lowest BCUT2D eigenvalue weighted by atomic mass is 10.2. The summed E-state index contributed by atoms with van der Waals surface area (Å²) in [6.45, 7) is 0. The van der Waals surface area contributed by atoms with Gasteiger partial charge in [-0.3, -0.25) is 20.2 Å². The van der Waals surface area contributed by atoms with E-state index < -0.39 is 4.92 Å². The Kier molecular flexibility index (Phi) is 6.88. The zero-order valence-electron chi connectivity index (χ0n) is 14.6. The van der Waals surface area contributed by atoms with E-state index in [0.717, 1.165) is 10.8 Å². The fraction of sp³-hybridized carbons (Fsp3) is 0.105. The van der Waals surface area contributed by atoms with Crippen LogP contribution in [-0.2, 0) is 16.3 Å². The Morgan fingerprint density at radius 3 is 2.75 bits per heavy atom. The van der Waals surface area contributed by atoms with Crippen LogP contribution in [0.4, 0.5) is 10.8 Å². The largest absolute Gasteiger partial charge is 0.297 e. The second-order valence-electron chi connectivity index (χ2n) is 5.65. The first kappa shape index (κ1) is 19.7. The van der Waals surface area contributed by atoms with E-state index in [-0.39, 0.29) is 11.6 Å². The first-order valence-electron chi connectivity index (χ1n) is 8.28. The fourth-order valence-electron chi connectivity index (χ4n) is 2.25. The van der Waals surface area contributed by atoms with Crippen LogP contribution in [0, 0.1) is 10.1 Å². The average Bonchev–Trinajstić information content (AvgIpc) is 3.14. The summed E-state index contributed by atoms with van der Waals surface area (Å²) in [6, 6.07) is 16.2. The number of thioether (sulfide) groups is 1. The van der Waals surface area contributed by atoms with Gasteiger partial charge in [0.05, 0.1) is 4.92 Å². The molecule has 0 radical (unpaired) electrons. The molecule has 0 aliphatic carbocycles. The average molecular weight is 412 g/mol. The van der Waals surface area contributed by atoms with Crippen molar-refractivity contribution < 1.29 is 9.72 Å². The second kappa shape index (κ2) is 9.77. The molecule has 1 N–H and O–H groups in total. The maximum atomic E-state index is 12.0. The molecule has 142 valence electrons. The Balaban J connectivity index is 1.49. The topological polar surface area (TPSA) is 98.0 Å². The summed E-state index contributed by atoms with van der Waals surface area (Å²) >= 11 is 3.06. The lowest BCUT2D eigenvalue weighted by Gasteiger charge is -1.98. The molecule has 0 atom stereocenters. The normalized spacial score (nSPS) is 10.9. The number of nitro benzene ring substituents is 1. The number of nitrogens with one attached hydrogen (secondary N) is 1. The van der Waals surface area contributed by atoms with Gasteiger partial charge in [-0.2, -0.15) is 0 Å². The van der Waals surface area contributed by atoms with Gasteiger partial charge in [0.15, 0.2) is 0 Å². The number of nitro groups is 1. The highest BCUT2D eigenvalue weighted by atomic mass is 32.2. The molecule has 0 saturated heterocycles. The number of hydrogen-bond donors (Lipinski definition) is 1. The molecular weight excluding hydrogens is 396 g/mol. The van der Waals surface area contributed by atoms with Crippen molar-refractivity contribution >= 4 is 45.9 Å². The van der Waals surface area contributed by atoms with Crippen LogP contribution in [0.2, 0.25) is 0 Å². The van der Waals surface area contributed by atoms with Crippen LogP contribution in [-0.4, -0.2) is 21.0 Å². The first-order valence-corrected chi connectivity index (χ1v) is 10.2. The van der Waals surface area contributed by atoms with Gasteiger partial charge < -0.3 is 0 Å². The lowest BCUT2D eigenvalue weighted by molar-refractivity contribution is -0.384. The summed E-state index contributed by atoms with van der Waals surface area (Å²) in [5.74, 6) is 1.23. The predicted octanol–water partition coefficient (Wildman–Crippen LogP) is 4.53. The van der Waals surface area contributed by atoms with Crippen LogP contribution in [0.15, 0.2) is 60.7 Å². The van der Waals surface area contributed by atoms with E-state index in [4.69, 9.17) is 0 Å². The van der Waals surface area contributed by atoms with E-state index in [2.05, 4.69) is 27.6 Å². The molecule has 0 aliphatic rings. The Morgan fingerprint density at radius 1 is 1.14 bits per heavy atom. The molecular formula is C19H16N4O3S2. The van der Waals surface area contributed by atoms with E-state index in [9.17, 15) is 14.9 Å². The van der Waals surface area contributed by atoms with Crippen LogP contribution in [0.5, 0.6) is 0 Å². The first-order chi connectivity index (χ1) is 13.6. The second-order valence-corrected chi connectivity index (χ2v) is 7.70. The molecule has 0 aliphatic heterocycles. The molecule has 9 heteroatoms. The highest BCUT2D eigenvalue weighted by molar-refractivity contribution is 7.97. The zero-order valence-corrected chi connectivity index (χ0v) is 16.3. The Labute approximate surface area is 169 Å². The van der Waals surface area contributed by atoms with Crippen molar-refractivity contribution in [2.45, 2.75) is 11.5 Å². The number of aromatic nitrogens is 2. The summed E-state index contributed by atoms with van der Waals surface area (Å²) in [4.78, 5) is 22.3. The molecule has 2 aromatic carbocycles. The maximum Gasteiger partial charge on any atom is 0.270 e. The highest BCUT2D eigenvalue weighted by Gasteiger charge is 2.07. The van der Waals surface area contributed by atoms with Gasteiger partial charge in [0, 0.05) is 29.7 Å². The van der Waals surface area contributed by atoms with Crippen molar-refractivity contribution in [1.29, 1.82) is 0 Å². The minimum Gasteiger partial charge on any atom is -0.297 e. The number of carbonyl (C=O) groups is 1. The predicted molar refractivity (Wildman–Crippen MR) is 112 cm³/mol. The van der Waals surface area contributed by atoms with Gasteiger partial charge in [0.2, 0.25) is 11.0 Å². The van der Waals surface area contributed by atoms with Crippen molar-refractivity contribution in [2.24, 2.45) is 0 Å². The van der Waals surface area contributed by atoms with Gasteiger partial charge in [-0.25, -0.2) is 0 Å². The number of benzene rings is 2. The molecule has 0 fully saturated rings. The van der Waals surface area contributed by atoms with Gasteiger partial charge >= 0.3 is 0 Å². The van der Waals surface area contributed by atoms with Crippen molar-refractivity contribution in [3.8, 4) is 0 Å². The Bertz CT molecular complexity index is 990. The van der Waals surface area contributed by atoms with Gasteiger partial charge in [0.25, 0.3) is 5.69 Å². The van der Waals surface area contributed by atoms with Gasteiger partial charge in [-0.05, 0) is 17.2 Å². The van der Waals surface area contributed by atoms with Crippen LogP contribution >= 0.6 is 23.1 Å². The molecule has 3 rings (SSSR count). The number of rotatable bonds is 8. The number of non-ortho nitro benzene ring substituents is 1. The molecule has 3 aromatic rings. The standard InChI is InChI=1S/C19H16N4O3S2/c24-17(10-9-14-7-4-8-16(11-14)23(25)26)20-19-22-21-18(28-19)13-27-12-15-5-2-1-3-6-15/h1-11H,12-13H2,(H,20,22,24)/b10-9+. The molecule has 0 saturated carbocycles. The van der Waals surface area contributed by atoms with Crippen LogP contribution in [0.3, 0.4) is 0 Å². The fourth-order valence-corrected chi connectivity index (χ4v) is 4.04. The molecule has 0 unspecified atom stereocenters. The number of amides is 1. The smallest absolute Gasteiger partial charge is 0.270 e. The van der Waals surface area contributed by atoms with Crippen molar-refractivity contribution in [3.05, 3.63) is 86.9 Å². The van der Waals surface area contributed by atoms with E-state index in [0.29, 0.717) is 16.4 Å². The van der Waals surface area contributed by atoms with Gasteiger partial charge in [0.1, 0.15) is 5.01 Å². The number of hydrogen-bond acceptors (Lipinski definition) is 7. The third-order valence-electron chi connectivity index (χ3n) is 3.54. The SMILES string of the molecule is O=C(/C=C/c1cccc([N+](=O)[O-])c1)Nc1nnc(CSCc2ccccc2)s1. The van der Waals surface area contributed by atoms with Crippen LogP contribution in [0.25, 0.3) is 6.08 Å². The molecule has 0 bridgehead atoms. The number of carbonyl (C=O) groups excluding carboxylic acids is 1. The molecule has 7 nitrogen and oxygen atoms in total. The van der Waals surface area contributed by atoms with E-state index in [1.165, 1.54) is 41.2 Å². The Hall–Kier alpha value is -3.04. The summed E-state index contributed by atoms with van der Waals surface area (Å²) in [5.41, 5.74) is 1.79.